The maximum absolute atomic E-state index is 11.4. The molecule has 1 aromatic rings. The van der Waals surface area contributed by atoms with Crippen LogP contribution in [-0.4, -0.2) is 46.3 Å². The van der Waals surface area contributed by atoms with Gasteiger partial charge in [0.1, 0.15) is 0 Å². The summed E-state index contributed by atoms with van der Waals surface area (Å²) in [7, 11) is 0. The third kappa shape index (κ3) is 4.05. The highest BCUT2D eigenvalue weighted by molar-refractivity contribution is 9.10. The molecule has 2 rings (SSSR count). The van der Waals surface area contributed by atoms with Crippen molar-refractivity contribution >= 4 is 21.8 Å². The van der Waals surface area contributed by atoms with Gasteiger partial charge in [0.2, 0.25) is 5.91 Å². The van der Waals surface area contributed by atoms with Crippen molar-refractivity contribution in [1.29, 1.82) is 0 Å². The number of aryl methyl sites for hydroxylation is 2. The first-order valence-corrected chi connectivity index (χ1v) is 8.27. The number of halogens is 1. The predicted molar refractivity (Wildman–Crippen MR) is 85.8 cm³/mol. The number of carbonyl (C=O) groups excluding carboxylic acids is 1. The van der Waals surface area contributed by atoms with Gasteiger partial charge in [0.15, 0.2) is 0 Å². The molecule has 1 fully saturated rings. The van der Waals surface area contributed by atoms with Crippen LogP contribution in [0.2, 0.25) is 0 Å². The molecule has 6 nitrogen and oxygen atoms in total. The Morgan fingerprint density at radius 1 is 1.52 bits per heavy atom. The van der Waals surface area contributed by atoms with Gasteiger partial charge in [-0.15, -0.1) is 0 Å². The third-order valence-corrected chi connectivity index (χ3v) is 5.02. The van der Waals surface area contributed by atoms with Crippen LogP contribution in [0, 0.1) is 6.92 Å². The van der Waals surface area contributed by atoms with Crippen LogP contribution in [0.4, 0.5) is 0 Å². The molecule has 0 saturated carbocycles. The summed E-state index contributed by atoms with van der Waals surface area (Å²) in [4.78, 5) is 13.6. The van der Waals surface area contributed by atoms with Gasteiger partial charge in [0.25, 0.3) is 0 Å². The molecule has 0 aromatic carbocycles. The number of nitrogens with two attached hydrogens (primary N) is 1. The van der Waals surface area contributed by atoms with E-state index in [1.165, 1.54) is 0 Å². The van der Waals surface area contributed by atoms with E-state index in [0.29, 0.717) is 19.1 Å². The molecule has 1 aliphatic rings. The van der Waals surface area contributed by atoms with Gasteiger partial charge in [-0.1, -0.05) is 0 Å². The Hall–Kier alpha value is -0.920. The van der Waals surface area contributed by atoms with Crippen LogP contribution in [0.3, 0.4) is 0 Å². The average molecular weight is 358 g/mol. The molecule has 0 bridgehead atoms. The van der Waals surface area contributed by atoms with Crippen molar-refractivity contribution in [3.8, 4) is 0 Å². The Morgan fingerprint density at radius 2 is 2.19 bits per heavy atom. The van der Waals surface area contributed by atoms with E-state index < -0.39 is 0 Å². The van der Waals surface area contributed by atoms with Gasteiger partial charge in [-0.2, -0.15) is 5.10 Å². The monoisotopic (exact) mass is 357 g/mol. The van der Waals surface area contributed by atoms with E-state index in [1.54, 1.807) is 0 Å². The molecule has 0 radical (unpaired) electrons. The lowest BCUT2D eigenvalue weighted by Gasteiger charge is -2.34. The number of primary amides is 1. The highest BCUT2D eigenvalue weighted by Gasteiger charge is 2.25. The number of aromatic nitrogens is 2. The third-order valence-electron chi connectivity index (χ3n) is 3.99. The fraction of sp³-hybridized carbons (Fsp3) is 0.714. The predicted octanol–water partition coefficient (Wildman–Crippen LogP) is 1.01. The van der Waals surface area contributed by atoms with Gasteiger partial charge >= 0.3 is 0 Å². The zero-order valence-electron chi connectivity index (χ0n) is 12.7. The Bertz CT molecular complexity index is 496. The van der Waals surface area contributed by atoms with Crippen LogP contribution in [0.15, 0.2) is 4.47 Å². The maximum atomic E-state index is 11.4. The lowest BCUT2D eigenvalue weighted by molar-refractivity contribution is -0.120. The molecule has 118 valence electrons. The van der Waals surface area contributed by atoms with Crippen LogP contribution >= 0.6 is 15.9 Å². The molecule has 0 unspecified atom stereocenters. The number of hydrogen-bond acceptors (Lipinski definition) is 4. The van der Waals surface area contributed by atoms with E-state index >= 15 is 0 Å². The summed E-state index contributed by atoms with van der Waals surface area (Å²) >= 11 is 3.62. The second-order valence-corrected chi connectivity index (χ2v) is 6.31. The lowest BCUT2D eigenvalue weighted by atomic mass is 10.0. The summed E-state index contributed by atoms with van der Waals surface area (Å²) in [6.45, 7) is 7.86. The Balaban J connectivity index is 2.19. The number of nitrogens with zero attached hydrogens (tertiary/aromatic N) is 3. The molecule has 1 aliphatic heterocycles. The van der Waals surface area contributed by atoms with Gasteiger partial charge in [0, 0.05) is 19.1 Å². The van der Waals surface area contributed by atoms with Crippen molar-refractivity contribution in [2.45, 2.75) is 45.8 Å². The van der Waals surface area contributed by atoms with E-state index in [0.717, 1.165) is 48.3 Å². The second-order valence-electron chi connectivity index (χ2n) is 5.51. The number of nitrogens with one attached hydrogen (secondary N) is 1. The SMILES string of the molecule is CCn1nc(C)c(Br)c1CN(CC(N)=O)C1CCNCC1. The molecule has 0 spiro atoms. The Morgan fingerprint density at radius 3 is 2.76 bits per heavy atom. The fourth-order valence-corrected chi connectivity index (χ4v) is 3.31. The van der Waals surface area contributed by atoms with Crippen molar-refractivity contribution in [3.63, 3.8) is 0 Å². The zero-order valence-corrected chi connectivity index (χ0v) is 14.3. The molecule has 1 aromatic heterocycles. The van der Waals surface area contributed by atoms with E-state index in [-0.39, 0.29) is 5.91 Å². The van der Waals surface area contributed by atoms with Crippen molar-refractivity contribution in [2.24, 2.45) is 5.73 Å². The summed E-state index contributed by atoms with van der Waals surface area (Å²) < 4.78 is 3.03. The largest absolute Gasteiger partial charge is 0.369 e. The van der Waals surface area contributed by atoms with E-state index in [9.17, 15) is 4.79 Å². The molecule has 1 amide bonds. The number of rotatable bonds is 6. The number of hydrogen-bond donors (Lipinski definition) is 2. The zero-order chi connectivity index (χ0) is 15.4. The van der Waals surface area contributed by atoms with Crippen LogP contribution in [0.5, 0.6) is 0 Å². The molecule has 0 aliphatic carbocycles. The highest BCUT2D eigenvalue weighted by Crippen LogP contribution is 2.24. The van der Waals surface area contributed by atoms with Gasteiger partial charge in [-0.3, -0.25) is 14.4 Å². The molecule has 1 saturated heterocycles. The first-order chi connectivity index (χ1) is 10.0. The van der Waals surface area contributed by atoms with Gasteiger partial charge in [0.05, 0.1) is 22.4 Å². The first-order valence-electron chi connectivity index (χ1n) is 7.47. The number of amides is 1. The summed E-state index contributed by atoms with van der Waals surface area (Å²) in [5.41, 5.74) is 7.54. The molecule has 7 heteroatoms. The van der Waals surface area contributed by atoms with E-state index in [4.69, 9.17) is 5.73 Å². The minimum absolute atomic E-state index is 0.274. The van der Waals surface area contributed by atoms with Crippen molar-refractivity contribution in [2.75, 3.05) is 19.6 Å². The maximum Gasteiger partial charge on any atom is 0.231 e. The molecule has 0 atom stereocenters. The summed E-state index contributed by atoms with van der Waals surface area (Å²) in [6.07, 6.45) is 2.09. The number of carbonyl (C=O) groups is 1. The minimum Gasteiger partial charge on any atom is -0.369 e. The molecule has 2 heterocycles. The first kappa shape index (κ1) is 16.5. The smallest absolute Gasteiger partial charge is 0.231 e. The molecule has 3 N–H and O–H groups in total. The Kier molecular flexibility index (Phi) is 5.78. The number of piperidine rings is 1. The molecular weight excluding hydrogens is 334 g/mol. The lowest BCUT2D eigenvalue weighted by Crippen LogP contribution is -2.46. The summed E-state index contributed by atoms with van der Waals surface area (Å²) in [6, 6.07) is 0.395. The van der Waals surface area contributed by atoms with E-state index in [2.05, 4.69) is 38.2 Å². The van der Waals surface area contributed by atoms with Crippen molar-refractivity contribution < 1.29 is 4.79 Å². The van der Waals surface area contributed by atoms with E-state index in [1.807, 2.05) is 11.6 Å². The molecule has 21 heavy (non-hydrogen) atoms. The van der Waals surface area contributed by atoms with Crippen LogP contribution in [-0.2, 0) is 17.9 Å². The van der Waals surface area contributed by atoms with Crippen molar-refractivity contribution in [1.82, 2.24) is 20.0 Å². The van der Waals surface area contributed by atoms with Gasteiger partial charge < -0.3 is 11.1 Å². The quantitative estimate of drug-likeness (QED) is 0.796. The molecular formula is C14H24BrN5O. The van der Waals surface area contributed by atoms with Crippen LogP contribution in [0.1, 0.15) is 31.2 Å². The van der Waals surface area contributed by atoms with Crippen LogP contribution < -0.4 is 11.1 Å². The summed E-state index contributed by atoms with van der Waals surface area (Å²) in [5.74, 6) is -0.274. The Labute approximate surface area is 134 Å². The standard InChI is InChI=1S/C14H24BrN5O/c1-3-20-12(14(15)10(2)18-20)8-19(9-13(16)21)11-4-6-17-7-5-11/h11,17H,3-9H2,1-2H3,(H2,16,21). The average Bonchev–Trinajstić information content (AvgIpc) is 2.74. The van der Waals surface area contributed by atoms with Crippen LogP contribution in [0.25, 0.3) is 0 Å². The van der Waals surface area contributed by atoms with Crippen molar-refractivity contribution in [3.05, 3.63) is 15.9 Å². The highest BCUT2D eigenvalue weighted by atomic mass is 79.9. The fourth-order valence-electron chi connectivity index (χ4n) is 2.90. The second kappa shape index (κ2) is 7.38. The van der Waals surface area contributed by atoms with Gasteiger partial charge in [-0.25, -0.2) is 0 Å². The summed E-state index contributed by atoms with van der Waals surface area (Å²) in [5, 5.41) is 7.88. The topological polar surface area (TPSA) is 76.2 Å². The van der Waals surface area contributed by atoms with Gasteiger partial charge in [-0.05, 0) is 55.7 Å². The minimum atomic E-state index is -0.274. The normalized spacial score (nSPS) is 16.6.